The summed E-state index contributed by atoms with van der Waals surface area (Å²) in [5.41, 5.74) is 0. The highest BCUT2D eigenvalue weighted by Crippen LogP contribution is 2.29. The number of hydrogen-bond acceptors (Lipinski definition) is 3. The van der Waals surface area contributed by atoms with Crippen LogP contribution in [0.2, 0.25) is 0 Å². The molecule has 0 spiro atoms. The maximum Gasteiger partial charge on any atom is 0.223 e. The van der Waals surface area contributed by atoms with Gasteiger partial charge in [0, 0.05) is 29.3 Å². The number of thiophene rings is 1. The Kier molecular flexibility index (Phi) is 3.61. The van der Waals surface area contributed by atoms with Crippen molar-refractivity contribution in [1.29, 1.82) is 0 Å². The first kappa shape index (κ1) is 11.6. The number of rotatable bonds is 5. The molecule has 1 atom stereocenters. The average Bonchev–Trinajstić information content (AvgIpc) is 3.03. The zero-order chi connectivity index (χ0) is 11.5. The molecule has 0 unspecified atom stereocenters. The van der Waals surface area contributed by atoms with Crippen LogP contribution in [0.3, 0.4) is 0 Å². The van der Waals surface area contributed by atoms with Crippen LogP contribution in [0, 0.1) is 12.8 Å². The van der Waals surface area contributed by atoms with Crippen molar-refractivity contribution in [2.45, 2.75) is 25.9 Å². The van der Waals surface area contributed by atoms with E-state index in [9.17, 15) is 4.79 Å². The van der Waals surface area contributed by atoms with E-state index < -0.39 is 0 Å². The van der Waals surface area contributed by atoms with Crippen LogP contribution in [0.25, 0.3) is 0 Å². The Bertz CT molecular complexity index is 371. The summed E-state index contributed by atoms with van der Waals surface area (Å²) in [6.45, 7) is 2.65. The van der Waals surface area contributed by atoms with E-state index >= 15 is 0 Å². The van der Waals surface area contributed by atoms with Crippen molar-refractivity contribution in [3.63, 3.8) is 0 Å². The average molecular weight is 239 g/mol. The highest BCUT2D eigenvalue weighted by atomic mass is 32.1. The predicted octanol–water partition coefficient (Wildman–Crippen LogP) is 2.27. The summed E-state index contributed by atoms with van der Waals surface area (Å²) in [4.78, 5) is 13.9. The van der Waals surface area contributed by atoms with E-state index in [2.05, 4.69) is 24.4 Å². The quantitative estimate of drug-likeness (QED) is 0.856. The van der Waals surface area contributed by atoms with E-state index in [-0.39, 0.29) is 17.9 Å². The topological polar surface area (TPSA) is 38.3 Å². The number of carbonyl (C=O) groups excluding carboxylic acids is 1. The van der Waals surface area contributed by atoms with Crippen molar-refractivity contribution in [3.8, 4) is 0 Å². The molecule has 1 aliphatic carbocycles. The molecule has 4 heteroatoms. The van der Waals surface area contributed by atoms with Crippen molar-refractivity contribution < 1.29 is 9.53 Å². The van der Waals surface area contributed by atoms with Crippen LogP contribution >= 0.6 is 11.3 Å². The molecule has 2 rings (SSSR count). The van der Waals surface area contributed by atoms with Gasteiger partial charge in [0.2, 0.25) is 5.91 Å². The van der Waals surface area contributed by atoms with Gasteiger partial charge in [-0.3, -0.25) is 4.79 Å². The number of carbonyl (C=O) groups is 1. The first-order valence-electron chi connectivity index (χ1n) is 5.57. The Morgan fingerprint density at radius 3 is 2.88 bits per heavy atom. The van der Waals surface area contributed by atoms with Gasteiger partial charge < -0.3 is 10.1 Å². The molecule has 88 valence electrons. The third kappa shape index (κ3) is 2.83. The maximum atomic E-state index is 11.5. The number of hydrogen-bond donors (Lipinski definition) is 1. The smallest absolute Gasteiger partial charge is 0.223 e. The second-order valence-corrected chi connectivity index (χ2v) is 5.51. The van der Waals surface area contributed by atoms with Gasteiger partial charge in [-0.15, -0.1) is 11.3 Å². The standard InChI is InChI=1S/C12H17NO2S/c1-8-3-6-11(16-8)10(15-2)7-13-12(14)9-4-5-9/h3,6,9-10H,4-5,7H2,1-2H3,(H,13,14)/t10-/m0/s1. The van der Waals surface area contributed by atoms with Gasteiger partial charge in [0.1, 0.15) is 6.10 Å². The van der Waals surface area contributed by atoms with E-state index in [0.29, 0.717) is 6.54 Å². The zero-order valence-corrected chi connectivity index (χ0v) is 10.5. The van der Waals surface area contributed by atoms with Crippen LogP contribution in [-0.2, 0) is 9.53 Å². The number of aryl methyl sites for hydroxylation is 1. The van der Waals surface area contributed by atoms with Crippen LogP contribution in [0.4, 0.5) is 0 Å². The van der Waals surface area contributed by atoms with Gasteiger partial charge in [-0.2, -0.15) is 0 Å². The van der Waals surface area contributed by atoms with Crippen molar-refractivity contribution >= 4 is 17.2 Å². The van der Waals surface area contributed by atoms with E-state index in [0.717, 1.165) is 12.8 Å². The van der Waals surface area contributed by atoms with E-state index in [1.807, 2.05) is 0 Å². The molecule has 0 aromatic carbocycles. The predicted molar refractivity (Wildman–Crippen MR) is 64.5 cm³/mol. The normalized spacial score (nSPS) is 17.1. The van der Waals surface area contributed by atoms with Gasteiger partial charge in [0.05, 0.1) is 0 Å². The minimum absolute atomic E-state index is 0.0126. The monoisotopic (exact) mass is 239 g/mol. The Balaban J connectivity index is 1.87. The molecule has 1 fully saturated rings. The number of amides is 1. The van der Waals surface area contributed by atoms with Crippen molar-refractivity contribution in [3.05, 3.63) is 21.9 Å². The van der Waals surface area contributed by atoms with E-state index in [1.165, 1.54) is 9.75 Å². The zero-order valence-electron chi connectivity index (χ0n) is 9.66. The summed E-state index contributed by atoms with van der Waals surface area (Å²) < 4.78 is 5.40. The summed E-state index contributed by atoms with van der Waals surface area (Å²) in [6.07, 6.45) is 2.07. The van der Waals surface area contributed by atoms with Crippen molar-refractivity contribution in [2.24, 2.45) is 5.92 Å². The van der Waals surface area contributed by atoms with Gasteiger partial charge >= 0.3 is 0 Å². The van der Waals surface area contributed by atoms with Crippen LogP contribution in [0.15, 0.2) is 12.1 Å². The molecular formula is C12H17NO2S. The van der Waals surface area contributed by atoms with E-state index in [1.54, 1.807) is 18.4 Å². The molecule has 1 aliphatic rings. The Labute approximate surface area is 99.8 Å². The molecule has 1 aromatic rings. The fraction of sp³-hybridized carbons (Fsp3) is 0.583. The molecule has 16 heavy (non-hydrogen) atoms. The molecule has 1 saturated carbocycles. The first-order chi connectivity index (χ1) is 7.70. The van der Waals surface area contributed by atoms with Gasteiger partial charge in [0.25, 0.3) is 0 Å². The highest BCUT2D eigenvalue weighted by Gasteiger charge is 2.29. The molecule has 1 aromatic heterocycles. The van der Waals surface area contributed by atoms with Crippen LogP contribution in [0.5, 0.6) is 0 Å². The lowest BCUT2D eigenvalue weighted by Crippen LogP contribution is -2.29. The molecule has 1 heterocycles. The molecular weight excluding hydrogens is 222 g/mol. The minimum Gasteiger partial charge on any atom is -0.374 e. The number of ether oxygens (including phenoxy) is 1. The lowest BCUT2D eigenvalue weighted by molar-refractivity contribution is -0.122. The molecule has 1 N–H and O–H groups in total. The molecule has 0 radical (unpaired) electrons. The highest BCUT2D eigenvalue weighted by molar-refractivity contribution is 7.12. The van der Waals surface area contributed by atoms with Gasteiger partial charge in [-0.05, 0) is 31.9 Å². The third-order valence-electron chi connectivity index (χ3n) is 2.77. The Morgan fingerprint density at radius 1 is 1.62 bits per heavy atom. The number of methoxy groups -OCH3 is 1. The summed E-state index contributed by atoms with van der Waals surface area (Å²) in [7, 11) is 1.68. The Hall–Kier alpha value is -0.870. The van der Waals surface area contributed by atoms with Crippen molar-refractivity contribution in [1.82, 2.24) is 5.32 Å². The van der Waals surface area contributed by atoms with Crippen LogP contribution in [0.1, 0.15) is 28.7 Å². The fourth-order valence-electron chi connectivity index (χ4n) is 1.61. The lowest BCUT2D eigenvalue weighted by Gasteiger charge is -2.14. The maximum absolute atomic E-state index is 11.5. The largest absolute Gasteiger partial charge is 0.374 e. The summed E-state index contributed by atoms with van der Waals surface area (Å²) in [6, 6.07) is 4.15. The lowest BCUT2D eigenvalue weighted by atomic mass is 10.2. The number of nitrogens with one attached hydrogen (secondary N) is 1. The summed E-state index contributed by atoms with van der Waals surface area (Å²) in [5, 5.41) is 2.95. The van der Waals surface area contributed by atoms with Gasteiger partial charge in [0.15, 0.2) is 0 Å². The molecule has 0 saturated heterocycles. The van der Waals surface area contributed by atoms with Gasteiger partial charge in [-0.1, -0.05) is 0 Å². The Morgan fingerprint density at radius 2 is 2.38 bits per heavy atom. The second kappa shape index (κ2) is 4.97. The second-order valence-electron chi connectivity index (χ2n) is 4.19. The first-order valence-corrected chi connectivity index (χ1v) is 6.39. The molecule has 3 nitrogen and oxygen atoms in total. The minimum atomic E-state index is -0.0126. The van der Waals surface area contributed by atoms with Gasteiger partial charge in [-0.25, -0.2) is 0 Å². The van der Waals surface area contributed by atoms with E-state index in [4.69, 9.17) is 4.74 Å². The molecule has 0 bridgehead atoms. The van der Waals surface area contributed by atoms with Crippen molar-refractivity contribution in [2.75, 3.05) is 13.7 Å². The van der Waals surface area contributed by atoms with Crippen LogP contribution in [-0.4, -0.2) is 19.6 Å². The summed E-state index contributed by atoms with van der Waals surface area (Å²) in [5.74, 6) is 0.443. The molecule has 1 amide bonds. The summed E-state index contributed by atoms with van der Waals surface area (Å²) >= 11 is 1.72. The van der Waals surface area contributed by atoms with Crippen LogP contribution < -0.4 is 5.32 Å². The fourth-order valence-corrected chi connectivity index (χ4v) is 2.56. The third-order valence-corrected chi connectivity index (χ3v) is 3.87. The molecule has 0 aliphatic heterocycles. The SMILES string of the molecule is CO[C@@H](CNC(=O)C1CC1)c1ccc(C)s1.